The number of aromatic nitrogens is 4. The van der Waals surface area contributed by atoms with Crippen LogP contribution in [-0.2, 0) is 11.3 Å². The largest absolute Gasteiger partial charge is 0.366 e. The van der Waals surface area contributed by atoms with Crippen LogP contribution in [0.25, 0.3) is 0 Å². The van der Waals surface area contributed by atoms with E-state index in [0.29, 0.717) is 31.3 Å². The van der Waals surface area contributed by atoms with Crippen molar-refractivity contribution in [2.75, 3.05) is 19.7 Å². The van der Waals surface area contributed by atoms with Gasteiger partial charge in [0.05, 0.1) is 18.2 Å². The van der Waals surface area contributed by atoms with Gasteiger partial charge in [0.15, 0.2) is 5.82 Å². The molecule has 0 saturated carbocycles. The number of amides is 1. The van der Waals surface area contributed by atoms with Gasteiger partial charge in [0.2, 0.25) is 0 Å². The van der Waals surface area contributed by atoms with Crippen molar-refractivity contribution in [1.82, 2.24) is 24.6 Å². The van der Waals surface area contributed by atoms with E-state index in [4.69, 9.17) is 4.74 Å². The standard InChI is InChI=1S/C15H21N5O2S/c1-4-19-9-16-18-13(19)12-7-20(5-6-22-12)15(21)11-8-23-14(17-11)10(2)3/h8-10,12H,4-7H2,1-3H3. The number of hydrogen-bond donors (Lipinski definition) is 0. The van der Waals surface area contributed by atoms with E-state index in [0.717, 1.165) is 17.4 Å². The van der Waals surface area contributed by atoms with Gasteiger partial charge in [-0.3, -0.25) is 4.79 Å². The molecule has 2 aromatic heterocycles. The highest BCUT2D eigenvalue weighted by Gasteiger charge is 2.30. The molecule has 0 bridgehead atoms. The molecule has 1 atom stereocenters. The zero-order valence-electron chi connectivity index (χ0n) is 13.6. The van der Waals surface area contributed by atoms with Crippen molar-refractivity contribution in [3.63, 3.8) is 0 Å². The van der Waals surface area contributed by atoms with Gasteiger partial charge in [0, 0.05) is 24.4 Å². The molecular weight excluding hydrogens is 314 g/mol. The lowest BCUT2D eigenvalue weighted by Gasteiger charge is -2.32. The van der Waals surface area contributed by atoms with E-state index < -0.39 is 0 Å². The zero-order valence-corrected chi connectivity index (χ0v) is 14.4. The van der Waals surface area contributed by atoms with Gasteiger partial charge in [0.1, 0.15) is 18.1 Å². The number of thiazole rings is 1. The van der Waals surface area contributed by atoms with Gasteiger partial charge >= 0.3 is 0 Å². The van der Waals surface area contributed by atoms with E-state index in [1.165, 1.54) is 11.3 Å². The molecule has 0 N–H and O–H groups in total. The summed E-state index contributed by atoms with van der Waals surface area (Å²) in [5, 5.41) is 10.9. The van der Waals surface area contributed by atoms with Crippen molar-refractivity contribution in [2.45, 2.75) is 39.3 Å². The summed E-state index contributed by atoms with van der Waals surface area (Å²) in [6.07, 6.45) is 1.45. The topological polar surface area (TPSA) is 73.1 Å². The Bertz CT molecular complexity index is 681. The summed E-state index contributed by atoms with van der Waals surface area (Å²) in [7, 11) is 0. The molecule has 0 aromatic carbocycles. The van der Waals surface area contributed by atoms with Gasteiger partial charge < -0.3 is 14.2 Å². The number of rotatable bonds is 4. The summed E-state index contributed by atoms with van der Waals surface area (Å²) >= 11 is 1.54. The molecule has 124 valence electrons. The summed E-state index contributed by atoms with van der Waals surface area (Å²) in [6, 6.07) is 0. The zero-order chi connectivity index (χ0) is 16.4. The Morgan fingerprint density at radius 2 is 2.35 bits per heavy atom. The van der Waals surface area contributed by atoms with E-state index in [9.17, 15) is 4.79 Å². The third-order valence-corrected chi connectivity index (χ3v) is 5.01. The summed E-state index contributed by atoms with van der Waals surface area (Å²) in [4.78, 5) is 18.9. The summed E-state index contributed by atoms with van der Waals surface area (Å²) < 4.78 is 7.73. The molecule has 1 fully saturated rings. The van der Waals surface area contributed by atoms with E-state index in [2.05, 4.69) is 29.0 Å². The molecule has 1 aliphatic heterocycles. The van der Waals surface area contributed by atoms with Gasteiger partial charge in [-0.15, -0.1) is 21.5 Å². The molecule has 1 amide bonds. The Labute approximate surface area is 139 Å². The van der Waals surface area contributed by atoms with Crippen LogP contribution < -0.4 is 0 Å². The molecule has 1 aliphatic rings. The molecule has 0 radical (unpaired) electrons. The van der Waals surface area contributed by atoms with Crippen molar-refractivity contribution in [1.29, 1.82) is 0 Å². The molecular formula is C15H21N5O2S. The number of nitrogens with zero attached hydrogens (tertiary/aromatic N) is 5. The highest BCUT2D eigenvalue weighted by atomic mass is 32.1. The predicted molar refractivity (Wildman–Crippen MR) is 86.5 cm³/mol. The number of carbonyl (C=O) groups excluding carboxylic acids is 1. The number of aryl methyl sites for hydroxylation is 1. The minimum absolute atomic E-state index is 0.0380. The first-order valence-electron chi connectivity index (χ1n) is 7.84. The highest BCUT2D eigenvalue weighted by molar-refractivity contribution is 7.09. The predicted octanol–water partition coefficient (Wildman–Crippen LogP) is 2.09. The maximum atomic E-state index is 12.7. The van der Waals surface area contributed by atoms with Crippen molar-refractivity contribution in [3.8, 4) is 0 Å². The molecule has 3 rings (SSSR count). The number of ether oxygens (including phenoxy) is 1. The fourth-order valence-electron chi connectivity index (χ4n) is 2.56. The molecule has 2 aromatic rings. The molecule has 7 nitrogen and oxygen atoms in total. The fraction of sp³-hybridized carbons (Fsp3) is 0.600. The molecule has 1 unspecified atom stereocenters. The monoisotopic (exact) mass is 335 g/mol. The van der Waals surface area contributed by atoms with Crippen LogP contribution in [0.1, 0.15) is 54.1 Å². The van der Waals surface area contributed by atoms with Crippen LogP contribution in [0, 0.1) is 0 Å². The van der Waals surface area contributed by atoms with Gasteiger partial charge in [-0.2, -0.15) is 0 Å². The van der Waals surface area contributed by atoms with Crippen molar-refractivity contribution in [3.05, 3.63) is 28.2 Å². The second kappa shape index (κ2) is 6.76. The van der Waals surface area contributed by atoms with E-state index >= 15 is 0 Å². The summed E-state index contributed by atoms with van der Waals surface area (Å²) in [5.41, 5.74) is 0.524. The third-order valence-electron chi connectivity index (χ3n) is 3.86. The Morgan fingerprint density at radius 3 is 3.04 bits per heavy atom. The third kappa shape index (κ3) is 3.28. The number of carbonyl (C=O) groups is 1. The average molecular weight is 335 g/mol. The molecule has 0 spiro atoms. The Kier molecular flexibility index (Phi) is 4.72. The van der Waals surface area contributed by atoms with Crippen molar-refractivity contribution < 1.29 is 9.53 Å². The summed E-state index contributed by atoms with van der Waals surface area (Å²) in [6.45, 7) is 8.51. The van der Waals surface area contributed by atoms with Gasteiger partial charge in [-0.25, -0.2) is 4.98 Å². The molecule has 1 saturated heterocycles. The number of hydrogen-bond acceptors (Lipinski definition) is 6. The lowest BCUT2D eigenvalue weighted by molar-refractivity contribution is -0.0285. The van der Waals surface area contributed by atoms with Crippen LogP contribution in [0.4, 0.5) is 0 Å². The SMILES string of the molecule is CCn1cnnc1C1CN(C(=O)c2csc(C(C)C)n2)CCO1. The average Bonchev–Trinajstić information content (AvgIpc) is 3.23. The normalized spacial score (nSPS) is 18.6. The molecule has 8 heteroatoms. The lowest BCUT2D eigenvalue weighted by atomic mass is 10.2. The van der Waals surface area contributed by atoms with Crippen LogP contribution in [0.15, 0.2) is 11.7 Å². The first kappa shape index (κ1) is 16.1. The van der Waals surface area contributed by atoms with Crippen molar-refractivity contribution in [2.24, 2.45) is 0 Å². The second-order valence-electron chi connectivity index (χ2n) is 5.81. The smallest absolute Gasteiger partial charge is 0.273 e. The molecule has 0 aliphatic carbocycles. The molecule has 23 heavy (non-hydrogen) atoms. The minimum atomic E-state index is -0.238. The van der Waals surface area contributed by atoms with Gasteiger partial charge in [-0.1, -0.05) is 13.8 Å². The summed E-state index contributed by atoms with van der Waals surface area (Å²) in [5.74, 6) is 1.07. The van der Waals surface area contributed by atoms with Crippen LogP contribution in [0.5, 0.6) is 0 Å². The maximum absolute atomic E-state index is 12.7. The van der Waals surface area contributed by atoms with E-state index in [1.54, 1.807) is 11.2 Å². The Morgan fingerprint density at radius 1 is 1.52 bits per heavy atom. The maximum Gasteiger partial charge on any atom is 0.273 e. The van der Waals surface area contributed by atoms with Crippen LogP contribution in [0.3, 0.4) is 0 Å². The Balaban J connectivity index is 1.74. The fourth-order valence-corrected chi connectivity index (χ4v) is 3.37. The van der Waals surface area contributed by atoms with Crippen LogP contribution in [0.2, 0.25) is 0 Å². The van der Waals surface area contributed by atoms with Crippen LogP contribution in [-0.4, -0.2) is 50.3 Å². The van der Waals surface area contributed by atoms with Gasteiger partial charge in [0.25, 0.3) is 5.91 Å². The van der Waals surface area contributed by atoms with Crippen molar-refractivity contribution >= 4 is 17.2 Å². The number of morpholine rings is 1. The van der Waals surface area contributed by atoms with Crippen LogP contribution >= 0.6 is 11.3 Å². The Hall–Kier alpha value is -1.80. The minimum Gasteiger partial charge on any atom is -0.366 e. The highest BCUT2D eigenvalue weighted by Crippen LogP contribution is 2.24. The van der Waals surface area contributed by atoms with E-state index in [-0.39, 0.29) is 12.0 Å². The lowest BCUT2D eigenvalue weighted by Crippen LogP contribution is -2.43. The first-order chi connectivity index (χ1) is 11.1. The quantitative estimate of drug-likeness (QED) is 0.855. The van der Waals surface area contributed by atoms with E-state index in [1.807, 2.05) is 16.9 Å². The second-order valence-corrected chi connectivity index (χ2v) is 6.70. The van der Waals surface area contributed by atoms with Gasteiger partial charge in [-0.05, 0) is 6.92 Å². The molecule has 3 heterocycles. The first-order valence-corrected chi connectivity index (χ1v) is 8.72.